The highest BCUT2D eigenvalue weighted by Gasteiger charge is 2.25. The van der Waals surface area contributed by atoms with Gasteiger partial charge in [0.05, 0.1) is 36.3 Å². The highest BCUT2D eigenvalue weighted by molar-refractivity contribution is 5.90. The summed E-state index contributed by atoms with van der Waals surface area (Å²) in [6, 6.07) is 17.0. The maximum atomic E-state index is 12.5. The van der Waals surface area contributed by atoms with E-state index in [2.05, 4.69) is 20.4 Å². The van der Waals surface area contributed by atoms with Crippen molar-refractivity contribution >= 4 is 23.7 Å². The Balaban J connectivity index is 1.17. The number of nitrogens with zero attached hydrogens (tertiary/aromatic N) is 5. The first-order valence-electron chi connectivity index (χ1n) is 12.8. The second-order valence-electron chi connectivity index (χ2n) is 9.39. The first kappa shape index (κ1) is 25.9. The average Bonchev–Trinajstić information content (AvgIpc) is 3.45. The van der Waals surface area contributed by atoms with Crippen molar-refractivity contribution < 1.29 is 19.1 Å². The molecular formula is C29H30N6O4. The van der Waals surface area contributed by atoms with Gasteiger partial charge in [0.25, 0.3) is 0 Å². The molecule has 2 aromatic carbocycles. The van der Waals surface area contributed by atoms with Gasteiger partial charge in [-0.3, -0.25) is 4.68 Å². The van der Waals surface area contributed by atoms with Crippen molar-refractivity contribution in [3.63, 3.8) is 0 Å². The minimum atomic E-state index is -0.381. The van der Waals surface area contributed by atoms with Gasteiger partial charge in [0.1, 0.15) is 6.61 Å². The fraction of sp³-hybridized carbons (Fsp3) is 0.276. The number of amides is 1. The van der Waals surface area contributed by atoms with Crippen LogP contribution in [0.2, 0.25) is 0 Å². The van der Waals surface area contributed by atoms with Crippen LogP contribution in [0, 0.1) is 6.92 Å². The summed E-state index contributed by atoms with van der Waals surface area (Å²) >= 11 is 0. The Labute approximate surface area is 226 Å². The van der Waals surface area contributed by atoms with E-state index in [0.29, 0.717) is 24.6 Å². The lowest BCUT2D eigenvalue weighted by atomic mass is 10.1. The van der Waals surface area contributed by atoms with E-state index in [0.717, 1.165) is 40.9 Å². The summed E-state index contributed by atoms with van der Waals surface area (Å²) < 4.78 is 12.2. The first-order chi connectivity index (χ1) is 19.0. The predicted molar refractivity (Wildman–Crippen MR) is 146 cm³/mol. The van der Waals surface area contributed by atoms with Gasteiger partial charge in [-0.2, -0.15) is 5.10 Å². The van der Waals surface area contributed by atoms with E-state index in [1.165, 1.54) is 7.11 Å². The van der Waals surface area contributed by atoms with Gasteiger partial charge >= 0.3 is 12.1 Å². The molecule has 0 aliphatic carbocycles. The van der Waals surface area contributed by atoms with E-state index in [-0.39, 0.29) is 24.7 Å². The molecule has 3 heterocycles. The minimum Gasteiger partial charge on any atom is -0.465 e. The predicted octanol–water partition coefficient (Wildman–Crippen LogP) is 5.15. The number of aryl methyl sites for hydroxylation is 1. The summed E-state index contributed by atoms with van der Waals surface area (Å²) in [5.74, 6) is 0.0668. The number of piperidine rings is 1. The number of esters is 1. The Morgan fingerprint density at radius 1 is 1.03 bits per heavy atom. The van der Waals surface area contributed by atoms with Gasteiger partial charge in [-0.25, -0.2) is 19.6 Å². The van der Waals surface area contributed by atoms with Gasteiger partial charge in [0.2, 0.25) is 5.95 Å². The number of methoxy groups -OCH3 is 1. The number of carbonyl (C=O) groups is 2. The molecule has 0 radical (unpaired) electrons. The lowest BCUT2D eigenvalue weighted by Gasteiger charge is -2.31. The van der Waals surface area contributed by atoms with Crippen LogP contribution in [-0.4, -0.2) is 56.9 Å². The molecule has 0 bridgehead atoms. The first-order valence-corrected chi connectivity index (χ1v) is 12.8. The van der Waals surface area contributed by atoms with E-state index in [4.69, 9.17) is 9.47 Å². The molecular weight excluding hydrogens is 496 g/mol. The molecule has 1 aliphatic rings. The van der Waals surface area contributed by atoms with Gasteiger partial charge in [-0.1, -0.05) is 42.5 Å². The molecule has 0 unspecified atom stereocenters. The van der Waals surface area contributed by atoms with Crippen molar-refractivity contribution in [3.05, 3.63) is 89.9 Å². The zero-order chi connectivity index (χ0) is 27.2. The molecule has 4 aromatic rings. The third-order valence-electron chi connectivity index (χ3n) is 6.71. The molecule has 10 nitrogen and oxygen atoms in total. The molecule has 1 N–H and O–H groups in total. The van der Waals surface area contributed by atoms with Crippen molar-refractivity contribution in [2.75, 3.05) is 25.5 Å². The molecule has 200 valence electrons. The number of anilines is 2. The SMILES string of the molecule is COC(=O)c1ccc(-c2nc(Nc3cnn(C4CCN(C(=O)OCc5ccccc5)CC4)c3)ncc2C)cc1. The summed E-state index contributed by atoms with van der Waals surface area (Å²) in [4.78, 5) is 35.1. The van der Waals surface area contributed by atoms with Crippen molar-refractivity contribution in [2.24, 2.45) is 0 Å². The highest BCUT2D eigenvalue weighted by atomic mass is 16.6. The summed E-state index contributed by atoms with van der Waals surface area (Å²) in [7, 11) is 1.36. The minimum absolute atomic E-state index is 0.182. The Kier molecular flexibility index (Phi) is 7.81. The molecule has 1 amide bonds. The molecule has 39 heavy (non-hydrogen) atoms. The molecule has 0 atom stereocenters. The Hall–Kier alpha value is -4.73. The van der Waals surface area contributed by atoms with Crippen LogP contribution >= 0.6 is 0 Å². The summed E-state index contributed by atoms with van der Waals surface area (Å²) in [6.45, 7) is 3.44. The van der Waals surface area contributed by atoms with E-state index >= 15 is 0 Å². The number of nitrogens with one attached hydrogen (secondary N) is 1. The lowest BCUT2D eigenvalue weighted by Crippen LogP contribution is -2.39. The Morgan fingerprint density at radius 3 is 2.49 bits per heavy atom. The summed E-state index contributed by atoms with van der Waals surface area (Å²) in [5, 5.41) is 7.77. The second-order valence-corrected chi connectivity index (χ2v) is 9.39. The monoisotopic (exact) mass is 526 g/mol. The van der Waals surface area contributed by atoms with Crippen LogP contribution < -0.4 is 5.32 Å². The average molecular weight is 527 g/mol. The third-order valence-corrected chi connectivity index (χ3v) is 6.71. The van der Waals surface area contributed by atoms with Gasteiger partial charge in [0, 0.05) is 31.0 Å². The number of hydrogen-bond donors (Lipinski definition) is 1. The molecule has 0 saturated carbocycles. The fourth-order valence-corrected chi connectivity index (χ4v) is 4.53. The van der Waals surface area contributed by atoms with E-state index in [1.807, 2.05) is 60.3 Å². The molecule has 0 spiro atoms. The quantitative estimate of drug-likeness (QED) is 0.329. The number of carbonyl (C=O) groups excluding carboxylic acids is 2. The summed E-state index contributed by atoms with van der Waals surface area (Å²) in [6.07, 6.45) is 6.72. The van der Waals surface area contributed by atoms with Crippen molar-refractivity contribution in [1.29, 1.82) is 0 Å². The van der Waals surface area contributed by atoms with Crippen LogP contribution in [0.4, 0.5) is 16.4 Å². The number of ether oxygens (including phenoxy) is 2. The molecule has 1 saturated heterocycles. The summed E-state index contributed by atoms with van der Waals surface area (Å²) in [5.41, 5.74) is 4.77. The van der Waals surface area contributed by atoms with Crippen molar-refractivity contribution in [1.82, 2.24) is 24.6 Å². The van der Waals surface area contributed by atoms with Crippen LogP contribution in [0.15, 0.2) is 73.2 Å². The molecule has 10 heteroatoms. The molecule has 2 aromatic heterocycles. The number of aromatic nitrogens is 4. The van der Waals surface area contributed by atoms with Crippen LogP contribution in [0.25, 0.3) is 11.3 Å². The largest absolute Gasteiger partial charge is 0.465 e. The van der Waals surface area contributed by atoms with Crippen LogP contribution in [-0.2, 0) is 16.1 Å². The highest BCUT2D eigenvalue weighted by Crippen LogP contribution is 2.26. The number of rotatable bonds is 7. The van der Waals surface area contributed by atoms with Crippen LogP contribution in [0.1, 0.15) is 40.4 Å². The number of likely N-dealkylation sites (tertiary alicyclic amines) is 1. The zero-order valence-electron chi connectivity index (χ0n) is 21.9. The zero-order valence-corrected chi connectivity index (χ0v) is 21.9. The van der Waals surface area contributed by atoms with E-state index in [1.54, 1.807) is 29.4 Å². The van der Waals surface area contributed by atoms with Gasteiger partial charge in [-0.15, -0.1) is 0 Å². The third kappa shape index (κ3) is 6.23. The van der Waals surface area contributed by atoms with Crippen LogP contribution in [0.5, 0.6) is 0 Å². The van der Waals surface area contributed by atoms with Gasteiger partial charge in [0.15, 0.2) is 0 Å². The smallest absolute Gasteiger partial charge is 0.410 e. The molecule has 1 aliphatic heterocycles. The maximum Gasteiger partial charge on any atom is 0.410 e. The number of benzene rings is 2. The van der Waals surface area contributed by atoms with E-state index < -0.39 is 0 Å². The van der Waals surface area contributed by atoms with E-state index in [9.17, 15) is 9.59 Å². The fourth-order valence-electron chi connectivity index (χ4n) is 4.53. The van der Waals surface area contributed by atoms with Crippen molar-refractivity contribution in [2.45, 2.75) is 32.4 Å². The van der Waals surface area contributed by atoms with Gasteiger partial charge < -0.3 is 19.7 Å². The van der Waals surface area contributed by atoms with Crippen LogP contribution in [0.3, 0.4) is 0 Å². The standard InChI is InChI=1S/C29H30N6O4/c1-20-16-30-28(33-26(20)22-8-10-23(11-9-22)27(36)38-2)32-24-17-31-35(18-24)25-12-14-34(15-13-25)29(37)39-19-21-6-4-3-5-7-21/h3-11,16-18,25H,12-15,19H2,1-2H3,(H,30,32,33). The normalized spacial score (nSPS) is 13.6. The maximum absolute atomic E-state index is 12.5. The number of hydrogen-bond acceptors (Lipinski definition) is 8. The Bertz CT molecular complexity index is 1430. The van der Waals surface area contributed by atoms with Crippen molar-refractivity contribution in [3.8, 4) is 11.3 Å². The second kappa shape index (κ2) is 11.8. The molecule has 1 fully saturated rings. The molecule has 5 rings (SSSR count). The Morgan fingerprint density at radius 2 is 1.77 bits per heavy atom. The van der Waals surface area contributed by atoms with Gasteiger partial charge in [-0.05, 0) is 43.0 Å². The lowest BCUT2D eigenvalue weighted by molar-refractivity contribution is 0.0600. The topological polar surface area (TPSA) is 111 Å².